The molecule has 1 aliphatic heterocycles. The summed E-state index contributed by atoms with van der Waals surface area (Å²) in [5.74, 6) is -0.914. The lowest BCUT2D eigenvalue weighted by Crippen LogP contribution is -2.31. The molecule has 2 aromatic rings. The number of ketones is 1. The summed E-state index contributed by atoms with van der Waals surface area (Å²) in [4.78, 5) is 31.7. The van der Waals surface area contributed by atoms with Gasteiger partial charge in [0.15, 0.2) is 0 Å². The minimum atomic E-state index is -0.761. The molecule has 7 nitrogen and oxygen atoms in total. The Bertz CT molecular complexity index is 985. The molecule has 31 heavy (non-hydrogen) atoms. The Balaban J connectivity index is 2.02. The summed E-state index contributed by atoms with van der Waals surface area (Å²) in [5.41, 5.74) is 1.82. The van der Waals surface area contributed by atoms with Gasteiger partial charge in [-0.05, 0) is 63.1 Å². The van der Waals surface area contributed by atoms with Crippen molar-refractivity contribution >= 4 is 17.4 Å². The first kappa shape index (κ1) is 22.5. The Hall–Kier alpha value is -3.19. The maximum atomic E-state index is 13.0. The molecule has 0 aliphatic carbocycles. The molecule has 1 atom stereocenters. The number of hydrogen-bond donors (Lipinski definition) is 1. The molecule has 1 aromatic heterocycles. The fourth-order valence-electron chi connectivity index (χ4n) is 3.69. The third-order valence-electron chi connectivity index (χ3n) is 5.17. The fraction of sp³-hybridized carbons (Fsp3) is 0.375. The van der Waals surface area contributed by atoms with E-state index in [1.54, 1.807) is 49.7 Å². The minimum absolute atomic E-state index is 0.0399. The van der Waals surface area contributed by atoms with Gasteiger partial charge in [-0.1, -0.05) is 6.07 Å². The van der Waals surface area contributed by atoms with E-state index >= 15 is 0 Å². The number of rotatable bonds is 8. The van der Waals surface area contributed by atoms with E-state index in [0.29, 0.717) is 36.6 Å². The predicted octanol–water partition coefficient (Wildman–Crippen LogP) is 3.64. The Morgan fingerprint density at radius 2 is 2.00 bits per heavy atom. The van der Waals surface area contributed by atoms with Crippen LogP contribution in [-0.2, 0) is 14.3 Å². The summed E-state index contributed by atoms with van der Waals surface area (Å²) in [6.07, 6.45) is 2.26. The third kappa shape index (κ3) is 4.77. The molecule has 1 N–H and O–H groups in total. The molecule has 0 saturated carbocycles. The van der Waals surface area contributed by atoms with Gasteiger partial charge in [-0.3, -0.25) is 14.6 Å². The summed E-state index contributed by atoms with van der Waals surface area (Å²) in [6, 6.07) is 9.66. The first-order valence-electron chi connectivity index (χ1n) is 10.3. The van der Waals surface area contributed by atoms with Crippen LogP contribution in [0.25, 0.3) is 5.76 Å². The number of ether oxygens (including phenoxy) is 2. The SMILES string of the molecule is COc1ccc(/C(O)=C2/C(=O)C(=O)N(CCCOC(C)C)C2c2ccccn2)cc1C. The highest BCUT2D eigenvalue weighted by Crippen LogP contribution is 2.39. The summed E-state index contributed by atoms with van der Waals surface area (Å²) in [6.45, 7) is 6.51. The molecule has 2 heterocycles. The lowest BCUT2D eigenvalue weighted by atomic mass is 9.97. The molecule has 0 spiro atoms. The maximum absolute atomic E-state index is 13.0. The molecule has 7 heteroatoms. The van der Waals surface area contributed by atoms with Gasteiger partial charge in [-0.25, -0.2) is 0 Å². The molecule has 1 amide bonds. The van der Waals surface area contributed by atoms with Crippen molar-refractivity contribution in [3.63, 3.8) is 0 Å². The second-order valence-corrected chi connectivity index (χ2v) is 7.70. The van der Waals surface area contributed by atoms with Crippen molar-refractivity contribution in [3.05, 3.63) is 65.0 Å². The van der Waals surface area contributed by atoms with E-state index in [-0.39, 0.29) is 17.4 Å². The van der Waals surface area contributed by atoms with Crippen LogP contribution < -0.4 is 4.74 Å². The maximum Gasteiger partial charge on any atom is 0.295 e. The third-order valence-corrected chi connectivity index (χ3v) is 5.17. The first-order valence-corrected chi connectivity index (χ1v) is 10.3. The lowest BCUT2D eigenvalue weighted by Gasteiger charge is -2.24. The number of benzene rings is 1. The van der Waals surface area contributed by atoms with E-state index < -0.39 is 17.7 Å². The van der Waals surface area contributed by atoms with Crippen molar-refractivity contribution in [3.8, 4) is 5.75 Å². The monoisotopic (exact) mass is 424 g/mol. The zero-order valence-corrected chi connectivity index (χ0v) is 18.3. The van der Waals surface area contributed by atoms with Crippen molar-refractivity contribution in [2.45, 2.75) is 39.3 Å². The molecule has 1 aromatic carbocycles. The van der Waals surface area contributed by atoms with Crippen LogP contribution in [0.5, 0.6) is 5.75 Å². The van der Waals surface area contributed by atoms with Crippen molar-refractivity contribution in [2.24, 2.45) is 0 Å². The summed E-state index contributed by atoms with van der Waals surface area (Å²) in [7, 11) is 1.57. The second-order valence-electron chi connectivity index (χ2n) is 7.70. The van der Waals surface area contributed by atoms with E-state index in [4.69, 9.17) is 9.47 Å². The molecule has 1 aliphatic rings. The molecule has 164 valence electrons. The fourth-order valence-corrected chi connectivity index (χ4v) is 3.69. The Labute approximate surface area is 182 Å². The van der Waals surface area contributed by atoms with Gasteiger partial charge in [-0.15, -0.1) is 0 Å². The number of hydrogen-bond acceptors (Lipinski definition) is 6. The van der Waals surface area contributed by atoms with Gasteiger partial charge in [0, 0.05) is 24.9 Å². The average Bonchev–Trinajstić information content (AvgIpc) is 3.01. The van der Waals surface area contributed by atoms with Crippen molar-refractivity contribution in [1.29, 1.82) is 0 Å². The largest absolute Gasteiger partial charge is 0.507 e. The molecular weight excluding hydrogens is 396 g/mol. The van der Waals surface area contributed by atoms with Crippen LogP contribution in [0, 0.1) is 6.92 Å². The summed E-state index contributed by atoms with van der Waals surface area (Å²) >= 11 is 0. The number of nitrogens with zero attached hydrogens (tertiary/aromatic N) is 2. The van der Waals surface area contributed by atoms with Crippen LogP contribution in [0.15, 0.2) is 48.2 Å². The quantitative estimate of drug-likeness (QED) is 0.301. The van der Waals surface area contributed by atoms with Gasteiger partial charge < -0.3 is 19.5 Å². The van der Waals surface area contributed by atoms with Crippen LogP contribution in [0.4, 0.5) is 0 Å². The number of likely N-dealkylation sites (tertiary alicyclic amines) is 1. The highest BCUT2D eigenvalue weighted by atomic mass is 16.5. The minimum Gasteiger partial charge on any atom is -0.507 e. The molecule has 1 fully saturated rings. The van der Waals surface area contributed by atoms with Gasteiger partial charge in [-0.2, -0.15) is 0 Å². The number of aliphatic hydroxyl groups excluding tert-OH is 1. The van der Waals surface area contributed by atoms with Gasteiger partial charge in [0.05, 0.1) is 24.5 Å². The zero-order valence-electron chi connectivity index (χ0n) is 18.3. The van der Waals surface area contributed by atoms with E-state index in [0.717, 1.165) is 5.56 Å². The van der Waals surface area contributed by atoms with E-state index in [9.17, 15) is 14.7 Å². The number of aromatic nitrogens is 1. The Morgan fingerprint density at radius 1 is 1.23 bits per heavy atom. The molecule has 3 rings (SSSR count). The van der Waals surface area contributed by atoms with Gasteiger partial charge in [0.25, 0.3) is 11.7 Å². The van der Waals surface area contributed by atoms with Crippen LogP contribution in [-0.4, -0.2) is 53.0 Å². The predicted molar refractivity (Wildman–Crippen MR) is 117 cm³/mol. The standard InChI is InChI=1S/C24H28N2O5/c1-15(2)31-13-7-12-26-21(18-8-5-6-11-25-18)20(23(28)24(26)29)22(27)17-9-10-19(30-4)16(3)14-17/h5-6,8-11,14-15,21,27H,7,12-13H2,1-4H3/b22-20-. The Morgan fingerprint density at radius 3 is 2.61 bits per heavy atom. The highest BCUT2D eigenvalue weighted by Gasteiger charge is 2.46. The topological polar surface area (TPSA) is 89.0 Å². The number of methoxy groups -OCH3 is 1. The molecule has 0 radical (unpaired) electrons. The average molecular weight is 424 g/mol. The van der Waals surface area contributed by atoms with E-state index in [1.165, 1.54) is 4.90 Å². The molecule has 1 unspecified atom stereocenters. The molecular formula is C24H28N2O5. The smallest absolute Gasteiger partial charge is 0.295 e. The van der Waals surface area contributed by atoms with Crippen LogP contribution >= 0.6 is 0 Å². The molecule has 0 bridgehead atoms. The zero-order chi connectivity index (χ0) is 22.5. The summed E-state index contributed by atoms with van der Waals surface area (Å²) in [5, 5.41) is 11.1. The second kappa shape index (κ2) is 9.75. The normalized spacial score (nSPS) is 18.1. The first-order chi connectivity index (χ1) is 14.8. The number of carbonyl (C=O) groups is 2. The lowest BCUT2D eigenvalue weighted by molar-refractivity contribution is -0.140. The van der Waals surface area contributed by atoms with Crippen molar-refractivity contribution in [1.82, 2.24) is 9.88 Å². The number of carbonyl (C=O) groups excluding carboxylic acids is 2. The van der Waals surface area contributed by atoms with Crippen LogP contribution in [0.2, 0.25) is 0 Å². The van der Waals surface area contributed by atoms with E-state index in [1.807, 2.05) is 20.8 Å². The van der Waals surface area contributed by atoms with E-state index in [2.05, 4.69) is 4.98 Å². The number of Topliss-reactive ketones (excluding diaryl/α,β-unsaturated/α-hetero) is 1. The number of amides is 1. The summed E-state index contributed by atoms with van der Waals surface area (Å²) < 4.78 is 10.8. The van der Waals surface area contributed by atoms with Gasteiger partial charge in [0.1, 0.15) is 17.6 Å². The van der Waals surface area contributed by atoms with Crippen LogP contribution in [0.1, 0.15) is 43.1 Å². The van der Waals surface area contributed by atoms with Crippen LogP contribution in [0.3, 0.4) is 0 Å². The van der Waals surface area contributed by atoms with Gasteiger partial charge >= 0.3 is 0 Å². The Kier molecular flexibility index (Phi) is 7.07. The number of aliphatic hydroxyl groups is 1. The number of pyridine rings is 1. The van der Waals surface area contributed by atoms with Gasteiger partial charge in [0.2, 0.25) is 0 Å². The number of aryl methyl sites for hydroxylation is 1. The van der Waals surface area contributed by atoms with Crippen molar-refractivity contribution < 1.29 is 24.2 Å². The van der Waals surface area contributed by atoms with Crippen molar-refractivity contribution in [2.75, 3.05) is 20.3 Å². The highest BCUT2D eigenvalue weighted by molar-refractivity contribution is 6.46. The molecule has 1 saturated heterocycles.